The van der Waals surface area contributed by atoms with Gasteiger partial charge in [-0.15, -0.1) is 31.1 Å². The SMILES string of the molecule is CS(F)(F)(F)(F)CS(C)(F)(F)(F)F. The van der Waals surface area contributed by atoms with E-state index >= 15 is 0 Å². The quantitative estimate of drug-likeness (QED) is 0.611. The highest BCUT2D eigenvalue weighted by atomic mass is 32.5. The summed E-state index contributed by atoms with van der Waals surface area (Å²) in [7, 11) is -18.6. The van der Waals surface area contributed by atoms with Gasteiger partial charge in [0.1, 0.15) is 0 Å². The molecular weight excluding hydrogens is 252 g/mol. The molecule has 0 aromatic carbocycles. The van der Waals surface area contributed by atoms with Crippen molar-refractivity contribution in [2.75, 3.05) is 17.6 Å². The minimum Gasteiger partial charge on any atom is -0.124 e. The van der Waals surface area contributed by atoms with Crippen LogP contribution >= 0.6 is 19.7 Å². The zero-order valence-corrected chi connectivity index (χ0v) is 8.18. The van der Waals surface area contributed by atoms with Crippen LogP contribution in [0.5, 0.6) is 0 Å². The molecule has 0 radical (unpaired) electrons. The third-order valence-corrected chi connectivity index (χ3v) is 5.33. The molecule has 0 amide bonds. The Morgan fingerprint density at radius 3 is 0.769 bits per heavy atom. The Bertz CT molecular complexity index is 205. The summed E-state index contributed by atoms with van der Waals surface area (Å²) >= 11 is 0. The van der Waals surface area contributed by atoms with Crippen molar-refractivity contribution in [1.82, 2.24) is 0 Å². The molecule has 0 heterocycles. The topological polar surface area (TPSA) is 0 Å². The Balaban J connectivity index is 5.36. The molecule has 0 atom stereocenters. The van der Waals surface area contributed by atoms with Crippen LogP contribution in [-0.4, -0.2) is 17.6 Å². The second-order valence-corrected chi connectivity index (χ2v) is 11.2. The maximum absolute atomic E-state index is 11.9. The fourth-order valence-corrected chi connectivity index (χ4v) is 6.69. The van der Waals surface area contributed by atoms with E-state index in [4.69, 9.17) is 0 Å². The molecule has 0 fully saturated rings. The van der Waals surface area contributed by atoms with E-state index in [2.05, 4.69) is 0 Å². The normalized spacial score (nSPS) is 25.4. The van der Waals surface area contributed by atoms with Crippen molar-refractivity contribution in [2.24, 2.45) is 0 Å². The Hall–Kier alpha value is 0.140. The van der Waals surface area contributed by atoms with Crippen molar-refractivity contribution >= 4 is 19.7 Å². The van der Waals surface area contributed by atoms with E-state index < -0.39 is 37.3 Å². The van der Waals surface area contributed by atoms with E-state index in [9.17, 15) is 31.1 Å². The second-order valence-electron chi connectivity index (χ2n) is 3.50. The summed E-state index contributed by atoms with van der Waals surface area (Å²) < 4.78 is 95.5. The standard InChI is InChI=1S/C3H8F8S2/c1-12(4,5,6,7)3-13(2,8,9,10)11/h3H2,1-2H3. The summed E-state index contributed by atoms with van der Waals surface area (Å²) in [6.07, 6.45) is -2.27. The Morgan fingerprint density at radius 1 is 0.615 bits per heavy atom. The molecule has 0 unspecified atom stereocenters. The first-order chi connectivity index (χ1) is 4.66. The molecule has 0 aliphatic carbocycles. The summed E-state index contributed by atoms with van der Waals surface area (Å²) in [6.45, 7) is 0. The van der Waals surface area contributed by atoms with Crippen LogP contribution in [0.1, 0.15) is 0 Å². The van der Waals surface area contributed by atoms with E-state index in [1.165, 1.54) is 0 Å². The Morgan fingerprint density at radius 2 is 0.769 bits per heavy atom. The van der Waals surface area contributed by atoms with Crippen LogP contribution in [-0.2, 0) is 0 Å². The van der Waals surface area contributed by atoms with Crippen LogP contribution in [0.15, 0.2) is 0 Å². The van der Waals surface area contributed by atoms with Gasteiger partial charge < -0.3 is 0 Å². The largest absolute Gasteiger partial charge is 0.175 e. The molecule has 0 spiro atoms. The van der Waals surface area contributed by atoms with Crippen LogP contribution < -0.4 is 0 Å². The molecule has 88 valence electrons. The predicted octanol–water partition coefficient (Wildman–Crippen LogP) is 5.03. The lowest BCUT2D eigenvalue weighted by atomic mass is 11.9. The third-order valence-electron chi connectivity index (χ3n) is 0.592. The van der Waals surface area contributed by atoms with Crippen molar-refractivity contribution in [3.8, 4) is 0 Å². The van der Waals surface area contributed by atoms with E-state index in [-0.39, 0.29) is 0 Å². The van der Waals surface area contributed by atoms with Crippen LogP contribution in [0.4, 0.5) is 31.1 Å². The molecule has 10 heteroatoms. The molecular formula is C3H8F8S2. The lowest BCUT2D eigenvalue weighted by Crippen LogP contribution is -2.28. The second kappa shape index (κ2) is 1.55. The van der Waals surface area contributed by atoms with E-state index in [0.29, 0.717) is 0 Å². The first kappa shape index (κ1) is 13.1. The van der Waals surface area contributed by atoms with Gasteiger partial charge in [0, 0.05) is 12.5 Å². The Kier molecular flexibility index (Phi) is 1.57. The molecule has 0 bridgehead atoms. The van der Waals surface area contributed by atoms with Gasteiger partial charge in [-0.3, -0.25) is 0 Å². The summed E-state index contributed by atoms with van der Waals surface area (Å²) in [5, 5.41) is -3.94. The van der Waals surface area contributed by atoms with Crippen molar-refractivity contribution in [1.29, 1.82) is 0 Å². The van der Waals surface area contributed by atoms with E-state index in [1.54, 1.807) is 0 Å². The monoisotopic (exact) mass is 260 g/mol. The minimum atomic E-state index is -9.28. The van der Waals surface area contributed by atoms with Crippen LogP contribution in [0, 0.1) is 0 Å². The van der Waals surface area contributed by atoms with Crippen LogP contribution in [0.2, 0.25) is 0 Å². The highest BCUT2D eigenvalue weighted by molar-refractivity contribution is 8.64. The summed E-state index contributed by atoms with van der Waals surface area (Å²) in [5.41, 5.74) is 0. The average Bonchev–Trinajstić information content (AvgIpc) is 0.949. The summed E-state index contributed by atoms with van der Waals surface area (Å²) in [4.78, 5) is 0. The maximum atomic E-state index is 11.9. The van der Waals surface area contributed by atoms with Crippen LogP contribution in [0.3, 0.4) is 0 Å². The van der Waals surface area contributed by atoms with Gasteiger partial charge in [-0.1, -0.05) is 0 Å². The zero-order chi connectivity index (χ0) is 11.5. The van der Waals surface area contributed by atoms with E-state index in [0.717, 1.165) is 0 Å². The first-order valence-electron chi connectivity index (χ1n) is 2.63. The first-order valence-corrected chi connectivity index (χ1v) is 7.88. The third kappa shape index (κ3) is 12.1. The molecule has 0 saturated carbocycles. The molecule has 0 aromatic rings. The van der Waals surface area contributed by atoms with Gasteiger partial charge in [-0.25, -0.2) is 0 Å². The fraction of sp³-hybridized carbons (Fsp3) is 1.00. The van der Waals surface area contributed by atoms with Gasteiger partial charge in [0.15, 0.2) is 24.8 Å². The van der Waals surface area contributed by atoms with Gasteiger partial charge >= 0.3 is 0 Å². The lowest BCUT2D eigenvalue weighted by molar-refractivity contribution is 0.434. The number of halogens is 8. The number of hydrogen-bond donors (Lipinski definition) is 0. The molecule has 0 aliphatic heterocycles. The molecule has 0 saturated heterocycles. The van der Waals surface area contributed by atoms with Gasteiger partial charge in [-0.05, 0) is 0 Å². The molecule has 0 rings (SSSR count). The minimum absolute atomic E-state index is 1.14. The molecule has 0 aromatic heterocycles. The summed E-state index contributed by atoms with van der Waals surface area (Å²) in [6, 6.07) is 0. The highest BCUT2D eigenvalue weighted by Crippen LogP contribution is 3.08. The lowest BCUT2D eigenvalue weighted by Gasteiger charge is -2.57. The number of hydrogen-bond acceptors (Lipinski definition) is 0. The highest BCUT2D eigenvalue weighted by Gasteiger charge is 2.74. The molecule has 0 nitrogen and oxygen atoms in total. The van der Waals surface area contributed by atoms with Gasteiger partial charge in [0.2, 0.25) is 0 Å². The van der Waals surface area contributed by atoms with E-state index in [1.807, 2.05) is 0 Å². The van der Waals surface area contributed by atoms with Crippen molar-refractivity contribution in [3.63, 3.8) is 0 Å². The van der Waals surface area contributed by atoms with Crippen LogP contribution in [0.25, 0.3) is 0 Å². The zero-order valence-electron chi connectivity index (χ0n) is 6.55. The van der Waals surface area contributed by atoms with Gasteiger partial charge in [0.05, 0.1) is 0 Å². The molecule has 13 heavy (non-hydrogen) atoms. The Labute approximate surface area is 69.1 Å². The smallest absolute Gasteiger partial charge is 0.124 e. The number of rotatable bonds is 2. The van der Waals surface area contributed by atoms with Crippen molar-refractivity contribution in [3.05, 3.63) is 0 Å². The van der Waals surface area contributed by atoms with Crippen molar-refractivity contribution < 1.29 is 31.1 Å². The maximum Gasteiger partial charge on any atom is 0.175 e. The molecule has 0 N–H and O–H groups in total. The fourth-order valence-electron chi connectivity index (χ4n) is 0.744. The van der Waals surface area contributed by atoms with Gasteiger partial charge in [0.25, 0.3) is 0 Å². The predicted molar refractivity (Wildman–Crippen MR) is 40.8 cm³/mol. The molecule has 0 aliphatic rings. The summed E-state index contributed by atoms with van der Waals surface area (Å²) in [5.74, 6) is 0. The van der Waals surface area contributed by atoms with Gasteiger partial charge in [-0.2, -0.15) is 0 Å². The van der Waals surface area contributed by atoms with Crippen molar-refractivity contribution in [2.45, 2.75) is 0 Å². The average molecular weight is 260 g/mol.